The highest BCUT2D eigenvalue weighted by Crippen LogP contribution is 2.33. The summed E-state index contributed by atoms with van der Waals surface area (Å²) < 4.78 is 26.8. The second-order valence-electron chi connectivity index (χ2n) is 4.87. The Morgan fingerprint density at radius 2 is 2.15 bits per heavy atom. The van der Waals surface area contributed by atoms with E-state index in [1.807, 2.05) is 6.07 Å². The molecule has 1 fully saturated rings. The van der Waals surface area contributed by atoms with E-state index in [0.717, 1.165) is 0 Å². The molecule has 0 bridgehead atoms. The number of carbonyl (C=O) groups is 1. The number of aliphatic carboxylic acids is 1. The molecular weight excluding hydrogens is 280 g/mol. The van der Waals surface area contributed by atoms with Crippen molar-refractivity contribution in [3.8, 4) is 6.07 Å². The van der Waals surface area contributed by atoms with E-state index in [-0.39, 0.29) is 16.4 Å². The summed E-state index contributed by atoms with van der Waals surface area (Å²) in [6, 6.07) is 5.06. The molecule has 1 aliphatic rings. The van der Waals surface area contributed by atoms with Gasteiger partial charge in [-0.3, -0.25) is 4.79 Å². The van der Waals surface area contributed by atoms with E-state index < -0.39 is 22.0 Å². The lowest BCUT2D eigenvalue weighted by molar-refractivity contribution is -0.139. The summed E-state index contributed by atoms with van der Waals surface area (Å²) in [5.74, 6) is -1.33. The Labute approximate surface area is 117 Å². The first-order valence-electron chi connectivity index (χ1n) is 6.11. The van der Waals surface area contributed by atoms with Gasteiger partial charge in [-0.2, -0.15) is 9.98 Å². The van der Waals surface area contributed by atoms with Crippen molar-refractivity contribution in [1.82, 2.24) is 4.72 Å². The lowest BCUT2D eigenvalue weighted by Crippen LogP contribution is -2.42. The summed E-state index contributed by atoms with van der Waals surface area (Å²) in [6.07, 6.45) is 1.41. The normalized spacial score (nSPS) is 16.4. The Kier molecular flexibility index (Phi) is 3.79. The number of sulfonamides is 1. The fourth-order valence-corrected chi connectivity index (χ4v) is 3.50. The second kappa shape index (κ2) is 5.23. The number of nitrogens with zero attached hydrogens (tertiary/aromatic N) is 1. The van der Waals surface area contributed by atoms with Crippen molar-refractivity contribution >= 4 is 16.0 Å². The smallest absolute Gasteiger partial charge is 0.322 e. The second-order valence-corrected chi connectivity index (χ2v) is 6.55. The molecule has 1 unspecified atom stereocenters. The van der Waals surface area contributed by atoms with Crippen LogP contribution in [-0.2, 0) is 14.8 Å². The van der Waals surface area contributed by atoms with Gasteiger partial charge in [-0.25, -0.2) is 8.42 Å². The first-order valence-corrected chi connectivity index (χ1v) is 7.59. The van der Waals surface area contributed by atoms with Crippen molar-refractivity contribution in [2.75, 3.05) is 0 Å². The zero-order valence-electron chi connectivity index (χ0n) is 10.8. The molecule has 0 heterocycles. The largest absolute Gasteiger partial charge is 0.480 e. The predicted molar refractivity (Wildman–Crippen MR) is 70.4 cm³/mol. The van der Waals surface area contributed by atoms with Crippen LogP contribution in [0.15, 0.2) is 23.1 Å². The van der Waals surface area contributed by atoms with Gasteiger partial charge < -0.3 is 5.11 Å². The molecule has 0 spiro atoms. The Hall–Kier alpha value is -1.91. The number of hydrogen-bond donors (Lipinski definition) is 2. The van der Waals surface area contributed by atoms with E-state index in [0.29, 0.717) is 18.4 Å². The lowest BCUT2D eigenvalue weighted by atomic mass is 10.2. The summed E-state index contributed by atoms with van der Waals surface area (Å²) >= 11 is 0. The minimum atomic E-state index is -3.95. The van der Waals surface area contributed by atoms with Gasteiger partial charge in [0.2, 0.25) is 10.0 Å². The molecule has 0 aromatic heterocycles. The monoisotopic (exact) mass is 294 g/mol. The van der Waals surface area contributed by atoms with Crippen LogP contribution in [0.2, 0.25) is 0 Å². The Balaban J connectivity index is 2.35. The Bertz CT molecular complexity index is 687. The summed E-state index contributed by atoms with van der Waals surface area (Å²) in [4.78, 5) is 11.1. The van der Waals surface area contributed by atoms with Gasteiger partial charge >= 0.3 is 5.97 Å². The average Bonchev–Trinajstić information content (AvgIpc) is 3.20. The van der Waals surface area contributed by atoms with E-state index in [4.69, 9.17) is 10.4 Å². The molecule has 1 atom stereocenters. The van der Waals surface area contributed by atoms with Crippen molar-refractivity contribution in [3.05, 3.63) is 29.3 Å². The van der Waals surface area contributed by atoms with Gasteiger partial charge in [-0.15, -0.1) is 0 Å². The molecule has 7 heteroatoms. The van der Waals surface area contributed by atoms with Crippen LogP contribution in [0.25, 0.3) is 0 Å². The van der Waals surface area contributed by atoms with Crippen LogP contribution in [0, 0.1) is 24.2 Å². The number of aryl methyl sites for hydroxylation is 1. The molecule has 2 rings (SSSR count). The highest BCUT2D eigenvalue weighted by molar-refractivity contribution is 7.89. The van der Waals surface area contributed by atoms with E-state index >= 15 is 0 Å². The minimum absolute atomic E-state index is 0.0524. The molecule has 1 aromatic rings. The highest BCUT2D eigenvalue weighted by Gasteiger charge is 2.39. The number of nitriles is 1. The van der Waals surface area contributed by atoms with E-state index in [1.165, 1.54) is 18.2 Å². The van der Waals surface area contributed by atoms with Crippen molar-refractivity contribution in [3.63, 3.8) is 0 Å². The van der Waals surface area contributed by atoms with Crippen LogP contribution >= 0.6 is 0 Å². The first-order chi connectivity index (χ1) is 9.35. The third-order valence-electron chi connectivity index (χ3n) is 3.25. The van der Waals surface area contributed by atoms with Crippen molar-refractivity contribution < 1.29 is 18.3 Å². The summed E-state index contributed by atoms with van der Waals surface area (Å²) in [5, 5.41) is 17.9. The van der Waals surface area contributed by atoms with Crippen molar-refractivity contribution in [1.29, 1.82) is 5.26 Å². The molecule has 0 aliphatic heterocycles. The van der Waals surface area contributed by atoms with Gasteiger partial charge in [0.1, 0.15) is 6.04 Å². The van der Waals surface area contributed by atoms with E-state index in [2.05, 4.69) is 4.72 Å². The number of benzene rings is 1. The molecule has 0 amide bonds. The number of nitrogens with one attached hydrogen (secondary N) is 1. The van der Waals surface area contributed by atoms with Crippen LogP contribution < -0.4 is 4.72 Å². The van der Waals surface area contributed by atoms with Gasteiger partial charge in [0, 0.05) is 0 Å². The van der Waals surface area contributed by atoms with Gasteiger partial charge in [-0.1, -0.05) is 6.07 Å². The molecule has 0 saturated heterocycles. The fraction of sp³-hybridized carbons (Fsp3) is 0.385. The number of carboxylic acid groups (broad SMARTS) is 1. The van der Waals surface area contributed by atoms with Crippen LogP contribution in [0.1, 0.15) is 24.0 Å². The van der Waals surface area contributed by atoms with E-state index in [1.54, 1.807) is 6.92 Å². The number of hydrogen-bond acceptors (Lipinski definition) is 4. The molecule has 1 aromatic carbocycles. The van der Waals surface area contributed by atoms with Crippen molar-refractivity contribution in [2.24, 2.45) is 5.92 Å². The standard InChI is InChI=1S/C13H14N2O4S/c1-8-2-3-9(7-14)6-11(8)20(18,19)15-12(13(16)17)10-4-5-10/h2-3,6,10,12,15H,4-5H2,1H3,(H,16,17). The van der Waals surface area contributed by atoms with Crippen LogP contribution in [0.3, 0.4) is 0 Å². The molecule has 20 heavy (non-hydrogen) atoms. The molecule has 106 valence electrons. The van der Waals surface area contributed by atoms with Gasteiger partial charge in [0.25, 0.3) is 0 Å². The maximum atomic E-state index is 12.3. The maximum Gasteiger partial charge on any atom is 0.322 e. The minimum Gasteiger partial charge on any atom is -0.480 e. The fourth-order valence-electron chi connectivity index (χ4n) is 1.97. The SMILES string of the molecule is Cc1ccc(C#N)cc1S(=O)(=O)NC(C(=O)O)C1CC1. The van der Waals surface area contributed by atoms with Gasteiger partial charge in [-0.05, 0) is 43.4 Å². The molecule has 0 radical (unpaired) electrons. The molecule has 1 saturated carbocycles. The maximum absolute atomic E-state index is 12.3. The first kappa shape index (κ1) is 14.5. The molecule has 6 nitrogen and oxygen atoms in total. The van der Waals surface area contributed by atoms with Crippen LogP contribution in [-0.4, -0.2) is 25.5 Å². The van der Waals surface area contributed by atoms with Crippen LogP contribution in [0.4, 0.5) is 0 Å². The summed E-state index contributed by atoms with van der Waals surface area (Å²) in [6.45, 7) is 1.60. The molecule has 2 N–H and O–H groups in total. The quantitative estimate of drug-likeness (QED) is 0.842. The summed E-state index contributed by atoms with van der Waals surface area (Å²) in [5.41, 5.74) is 0.686. The zero-order chi connectivity index (χ0) is 14.9. The van der Waals surface area contributed by atoms with E-state index in [9.17, 15) is 13.2 Å². The van der Waals surface area contributed by atoms with Crippen LogP contribution in [0.5, 0.6) is 0 Å². The topological polar surface area (TPSA) is 107 Å². The summed E-state index contributed by atoms with van der Waals surface area (Å²) in [7, 11) is -3.95. The molecular formula is C13H14N2O4S. The number of rotatable bonds is 5. The molecule has 1 aliphatic carbocycles. The van der Waals surface area contributed by atoms with Gasteiger partial charge in [0.05, 0.1) is 16.5 Å². The highest BCUT2D eigenvalue weighted by atomic mass is 32.2. The Morgan fingerprint density at radius 1 is 1.50 bits per heavy atom. The third-order valence-corrected chi connectivity index (χ3v) is 4.83. The lowest BCUT2D eigenvalue weighted by Gasteiger charge is -2.15. The Morgan fingerprint density at radius 3 is 2.65 bits per heavy atom. The predicted octanol–water partition coefficient (Wildman–Crippen LogP) is 1.01. The van der Waals surface area contributed by atoms with Gasteiger partial charge in [0.15, 0.2) is 0 Å². The third kappa shape index (κ3) is 2.98. The average molecular weight is 294 g/mol. The number of carboxylic acids is 1. The van der Waals surface area contributed by atoms with Crippen molar-refractivity contribution in [2.45, 2.75) is 30.7 Å². The zero-order valence-corrected chi connectivity index (χ0v) is 11.6.